The first-order valence-electron chi connectivity index (χ1n) is 4.59. The highest BCUT2D eigenvalue weighted by molar-refractivity contribution is 5.18. The number of hydrogen-bond acceptors (Lipinski definition) is 3. The molecule has 1 atom stereocenters. The van der Waals surface area contributed by atoms with E-state index < -0.39 is 0 Å². The van der Waals surface area contributed by atoms with E-state index in [1.807, 2.05) is 30.3 Å². The van der Waals surface area contributed by atoms with E-state index in [9.17, 15) is 0 Å². The van der Waals surface area contributed by atoms with Crippen molar-refractivity contribution in [2.75, 3.05) is 0 Å². The molecule has 0 aliphatic rings. The predicted molar refractivity (Wildman–Crippen MR) is 54.3 cm³/mol. The van der Waals surface area contributed by atoms with Gasteiger partial charge in [0.15, 0.2) is 0 Å². The van der Waals surface area contributed by atoms with Crippen molar-refractivity contribution in [3.05, 3.63) is 35.9 Å². The first-order valence-corrected chi connectivity index (χ1v) is 4.59. The standard InChI is InChI=1S/C10H17N3/c1-2-6-10(13(11)12)9-7-4-3-5-8-9/h3-5,7-8,10H,2,6,11-12H2,1H3. The summed E-state index contributed by atoms with van der Waals surface area (Å²) in [6.07, 6.45) is 2.06. The van der Waals surface area contributed by atoms with E-state index in [0.717, 1.165) is 12.8 Å². The summed E-state index contributed by atoms with van der Waals surface area (Å²) in [6, 6.07) is 10.2. The maximum atomic E-state index is 5.57. The Morgan fingerprint density at radius 3 is 2.31 bits per heavy atom. The highest BCUT2D eigenvalue weighted by atomic mass is 15.6. The van der Waals surface area contributed by atoms with Crippen LogP contribution in [-0.2, 0) is 0 Å². The van der Waals surface area contributed by atoms with E-state index >= 15 is 0 Å². The molecule has 0 amide bonds. The molecule has 0 fully saturated rings. The van der Waals surface area contributed by atoms with Gasteiger partial charge in [0, 0.05) is 0 Å². The van der Waals surface area contributed by atoms with Crippen LogP contribution in [0, 0.1) is 0 Å². The average Bonchev–Trinajstić information content (AvgIpc) is 2.15. The molecule has 1 rings (SSSR count). The smallest absolute Gasteiger partial charge is 0.0644 e. The Labute approximate surface area is 79.3 Å². The maximum absolute atomic E-state index is 5.57. The van der Waals surface area contributed by atoms with Gasteiger partial charge >= 0.3 is 0 Å². The Kier molecular flexibility index (Phi) is 3.89. The lowest BCUT2D eigenvalue weighted by atomic mass is 10.0. The Morgan fingerprint density at radius 1 is 1.23 bits per heavy atom. The molecule has 1 aromatic rings. The lowest BCUT2D eigenvalue weighted by Gasteiger charge is -2.22. The average molecular weight is 179 g/mol. The van der Waals surface area contributed by atoms with Gasteiger partial charge in [0.2, 0.25) is 0 Å². The third-order valence-corrected chi connectivity index (χ3v) is 2.11. The number of nitrogens with zero attached hydrogens (tertiary/aromatic N) is 1. The van der Waals surface area contributed by atoms with E-state index in [-0.39, 0.29) is 6.04 Å². The van der Waals surface area contributed by atoms with Gasteiger partial charge in [-0.2, -0.15) is 5.12 Å². The minimum atomic E-state index is 0.131. The lowest BCUT2D eigenvalue weighted by Crippen LogP contribution is -2.41. The summed E-state index contributed by atoms with van der Waals surface area (Å²) in [6.45, 7) is 2.12. The van der Waals surface area contributed by atoms with Gasteiger partial charge in [0.05, 0.1) is 6.04 Å². The van der Waals surface area contributed by atoms with Crippen LogP contribution in [0.25, 0.3) is 0 Å². The van der Waals surface area contributed by atoms with Gasteiger partial charge in [-0.3, -0.25) is 11.7 Å². The Balaban J connectivity index is 2.76. The van der Waals surface area contributed by atoms with E-state index in [1.165, 1.54) is 10.7 Å². The predicted octanol–water partition coefficient (Wildman–Crippen LogP) is 1.58. The van der Waals surface area contributed by atoms with Crippen LogP contribution in [0.5, 0.6) is 0 Å². The van der Waals surface area contributed by atoms with Crippen LogP contribution in [0.2, 0.25) is 0 Å². The van der Waals surface area contributed by atoms with Crippen molar-refractivity contribution in [2.45, 2.75) is 25.8 Å². The molecule has 72 valence electrons. The first kappa shape index (κ1) is 10.2. The second-order valence-electron chi connectivity index (χ2n) is 3.16. The molecule has 0 radical (unpaired) electrons. The highest BCUT2D eigenvalue weighted by Crippen LogP contribution is 2.20. The summed E-state index contributed by atoms with van der Waals surface area (Å²) in [5, 5.41) is 1.29. The van der Waals surface area contributed by atoms with E-state index in [1.54, 1.807) is 0 Å². The zero-order chi connectivity index (χ0) is 9.68. The molecule has 0 spiro atoms. The molecule has 13 heavy (non-hydrogen) atoms. The number of nitrogens with two attached hydrogens (primary N) is 2. The normalized spacial score (nSPS) is 13.2. The largest absolute Gasteiger partial charge is 0.255 e. The molecule has 0 aromatic heterocycles. The third kappa shape index (κ3) is 2.81. The van der Waals surface area contributed by atoms with Gasteiger partial charge in [0.25, 0.3) is 0 Å². The number of benzene rings is 1. The molecule has 0 aliphatic carbocycles. The third-order valence-electron chi connectivity index (χ3n) is 2.11. The van der Waals surface area contributed by atoms with Gasteiger partial charge in [-0.05, 0) is 12.0 Å². The summed E-state index contributed by atoms with van der Waals surface area (Å²) in [7, 11) is 0. The second-order valence-corrected chi connectivity index (χ2v) is 3.16. The van der Waals surface area contributed by atoms with Crippen molar-refractivity contribution in [1.82, 2.24) is 5.12 Å². The molecule has 0 bridgehead atoms. The van der Waals surface area contributed by atoms with Gasteiger partial charge < -0.3 is 0 Å². The van der Waals surface area contributed by atoms with E-state index in [0.29, 0.717) is 0 Å². The number of rotatable bonds is 4. The van der Waals surface area contributed by atoms with Crippen molar-refractivity contribution >= 4 is 0 Å². The van der Waals surface area contributed by atoms with Crippen LogP contribution >= 0.6 is 0 Å². The fourth-order valence-electron chi connectivity index (χ4n) is 1.44. The number of hydrazine groups is 2. The van der Waals surface area contributed by atoms with Crippen LogP contribution in [0.3, 0.4) is 0 Å². The molecular formula is C10H17N3. The van der Waals surface area contributed by atoms with Crippen molar-refractivity contribution in [3.63, 3.8) is 0 Å². The summed E-state index contributed by atoms with van der Waals surface area (Å²) < 4.78 is 0. The monoisotopic (exact) mass is 179 g/mol. The van der Waals surface area contributed by atoms with Crippen molar-refractivity contribution in [3.8, 4) is 0 Å². The maximum Gasteiger partial charge on any atom is 0.0644 e. The second kappa shape index (κ2) is 4.97. The van der Waals surface area contributed by atoms with Crippen LogP contribution in [0.4, 0.5) is 0 Å². The molecule has 4 N–H and O–H groups in total. The molecule has 0 saturated carbocycles. The molecule has 0 saturated heterocycles. The van der Waals surface area contributed by atoms with Gasteiger partial charge in [-0.15, -0.1) is 0 Å². The zero-order valence-corrected chi connectivity index (χ0v) is 7.98. The topological polar surface area (TPSA) is 55.3 Å². The van der Waals surface area contributed by atoms with E-state index in [4.69, 9.17) is 11.7 Å². The zero-order valence-electron chi connectivity index (χ0n) is 7.98. The molecule has 1 unspecified atom stereocenters. The fourth-order valence-corrected chi connectivity index (χ4v) is 1.44. The molecule has 0 aliphatic heterocycles. The number of hydrogen-bond donors (Lipinski definition) is 2. The van der Waals surface area contributed by atoms with Gasteiger partial charge in [-0.25, -0.2) is 0 Å². The first-order chi connectivity index (χ1) is 6.25. The molecule has 1 aromatic carbocycles. The van der Waals surface area contributed by atoms with Crippen molar-refractivity contribution in [1.29, 1.82) is 0 Å². The summed E-state index contributed by atoms with van der Waals surface area (Å²) in [5.41, 5.74) is 1.18. The van der Waals surface area contributed by atoms with Crippen LogP contribution in [0.1, 0.15) is 31.4 Å². The quantitative estimate of drug-likeness (QED) is 0.545. The van der Waals surface area contributed by atoms with Crippen molar-refractivity contribution in [2.24, 2.45) is 11.7 Å². The summed E-state index contributed by atoms with van der Waals surface area (Å²) in [5.74, 6) is 11.1. The van der Waals surface area contributed by atoms with Crippen molar-refractivity contribution < 1.29 is 0 Å². The molecular weight excluding hydrogens is 162 g/mol. The fraction of sp³-hybridized carbons (Fsp3) is 0.400. The molecule has 3 nitrogen and oxygen atoms in total. The Hall–Kier alpha value is -0.900. The van der Waals surface area contributed by atoms with Crippen LogP contribution in [-0.4, -0.2) is 5.12 Å². The minimum absolute atomic E-state index is 0.131. The SMILES string of the molecule is CCCC(c1ccccc1)N(N)N. The van der Waals surface area contributed by atoms with Gasteiger partial charge in [0.1, 0.15) is 0 Å². The van der Waals surface area contributed by atoms with E-state index in [2.05, 4.69) is 6.92 Å². The Morgan fingerprint density at radius 2 is 1.85 bits per heavy atom. The molecule has 3 heteroatoms. The lowest BCUT2D eigenvalue weighted by molar-refractivity contribution is 0.195. The summed E-state index contributed by atoms with van der Waals surface area (Å²) >= 11 is 0. The molecule has 0 heterocycles. The van der Waals surface area contributed by atoms with Crippen LogP contribution < -0.4 is 11.7 Å². The van der Waals surface area contributed by atoms with Crippen LogP contribution in [0.15, 0.2) is 30.3 Å². The highest BCUT2D eigenvalue weighted by Gasteiger charge is 2.12. The Bertz CT molecular complexity index is 233. The summed E-state index contributed by atoms with van der Waals surface area (Å²) in [4.78, 5) is 0. The van der Waals surface area contributed by atoms with Gasteiger partial charge in [-0.1, -0.05) is 43.7 Å². The minimum Gasteiger partial charge on any atom is -0.255 e.